The highest BCUT2D eigenvalue weighted by Crippen LogP contribution is 2.24. The molecule has 0 saturated carbocycles. The van der Waals surface area contributed by atoms with Gasteiger partial charge in [0.25, 0.3) is 0 Å². The van der Waals surface area contributed by atoms with Crippen molar-refractivity contribution in [3.8, 4) is 0 Å². The van der Waals surface area contributed by atoms with Crippen LogP contribution in [-0.4, -0.2) is 32.2 Å². The minimum absolute atomic E-state index is 0.200. The molecule has 1 amide bonds. The maximum atomic E-state index is 13.0. The zero-order valence-electron chi connectivity index (χ0n) is 15.1. The molecule has 4 nitrogen and oxygen atoms in total. The van der Waals surface area contributed by atoms with Gasteiger partial charge in [0.15, 0.2) is 0 Å². The van der Waals surface area contributed by atoms with Gasteiger partial charge in [0, 0.05) is 30.5 Å². The van der Waals surface area contributed by atoms with Crippen LogP contribution in [0.15, 0.2) is 48.5 Å². The summed E-state index contributed by atoms with van der Waals surface area (Å²) in [5, 5.41) is 2.92. The van der Waals surface area contributed by atoms with Crippen molar-refractivity contribution in [2.24, 2.45) is 0 Å². The number of rotatable bonds is 4. The fourth-order valence-electron chi connectivity index (χ4n) is 2.97. The number of morpholine rings is 1. The van der Waals surface area contributed by atoms with E-state index in [9.17, 15) is 9.18 Å². The van der Waals surface area contributed by atoms with Gasteiger partial charge < -0.3 is 15.0 Å². The lowest BCUT2D eigenvalue weighted by atomic mass is 10.1. The van der Waals surface area contributed by atoms with E-state index in [-0.39, 0.29) is 11.7 Å². The van der Waals surface area contributed by atoms with E-state index in [1.165, 1.54) is 18.2 Å². The molecule has 1 N–H and O–H groups in total. The maximum absolute atomic E-state index is 13.0. The molecular weight excluding hydrogens is 331 g/mol. The second-order valence-electron chi connectivity index (χ2n) is 6.42. The smallest absolute Gasteiger partial charge is 0.248 e. The van der Waals surface area contributed by atoms with Crippen LogP contribution in [0.5, 0.6) is 0 Å². The molecule has 0 aromatic heterocycles. The molecule has 1 aliphatic heterocycles. The molecule has 0 unspecified atom stereocenters. The summed E-state index contributed by atoms with van der Waals surface area (Å²) in [6.45, 7) is 7.06. The van der Waals surface area contributed by atoms with Crippen LogP contribution >= 0.6 is 0 Å². The standard InChI is InChI=1S/C21H23FN2O2/c1-15(17-3-5-18(22)6-4-17)14-21(25)23-20-8-7-19(13-16(20)2)24-9-11-26-12-10-24/h3-8,13-14H,9-12H2,1-2H3,(H,23,25)/b15-14-. The normalized spacial score (nSPS) is 15.0. The average molecular weight is 354 g/mol. The van der Waals surface area contributed by atoms with Crippen molar-refractivity contribution in [2.75, 3.05) is 36.5 Å². The van der Waals surface area contributed by atoms with E-state index in [0.717, 1.165) is 54.4 Å². The Morgan fingerprint density at radius 3 is 2.50 bits per heavy atom. The first-order chi connectivity index (χ1) is 12.5. The number of halogens is 1. The number of allylic oxidation sites excluding steroid dienone is 1. The lowest BCUT2D eigenvalue weighted by Gasteiger charge is -2.29. The van der Waals surface area contributed by atoms with Crippen molar-refractivity contribution < 1.29 is 13.9 Å². The van der Waals surface area contributed by atoms with Gasteiger partial charge in [-0.05, 0) is 60.9 Å². The molecule has 1 aliphatic rings. The number of amides is 1. The van der Waals surface area contributed by atoms with Gasteiger partial charge >= 0.3 is 0 Å². The summed E-state index contributed by atoms with van der Waals surface area (Å²) in [6.07, 6.45) is 1.53. The van der Waals surface area contributed by atoms with Gasteiger partial charge in [0.2, 0.25) is 5.91 Å². The summed E-state index contributed by atoms with van der Waals surface area (Å²) in [7, 11) is 0. The fourth-order valence-corrected chi connectivity index (χ4v) is 2.97. The molecular formula is C21H23FN2O2. The highest BCUT2D eigenvalue weighted by molar-refractivity contribution is 6.04. The Kier molecular flexibility index (Phi) is 5.68. The van der Waals surface area contributed by atoms with Crippen molar-refractivity contribution in [1.82, 2.24) is 0 Å². The van der Waals surface area contributed by atoms with Gasteiger partial charge in [0.05, 0.1) is 13.2 Å². The van der Waals surface area contributed by atoms with Crippen LogP contribution in [0.2, 0.25) is 0 Å². The molecule has 136 valence electrons. The third-order valence-electron chi connectivity index (χ3n) is 4.49. The molecule has 3 rings (SSSR count). The fraction of sp³-hybridized carbons (Fsp3) is 0.286. The molecule has 0 radical (unpaired) electrons. The molecule has 2 aromatic carbocycles. The second kappa shape index (κ2) is 8.15. The molecule has 0 aliphatic carbocycles. The van der Waals surface area contributed by atoms with E-state index in [1.807, 2.05) is 26.0 Å². The number of aryl methyl sites for hydroxylation is 1. The van der Waals surface area contributed by atoms with Gasteiger partial charge in [-0.2, -0.15) is 0 Å². The molecule has 1 fully saturated rings. The summed E-state index contributed by atoms with van der Waals surface area (Å²) < 4.78 is 18.4. The quantitative estimate of drug-likeness (QED) is 0.844. The minimum atomic E-state index is -0.290. The Morgan fingerprint density at radius 2 is 1.85 bits per heavy atom. The summed E-state index contributed by atoms with van der Waals surface area (Å²) >= 11 is 0. The lowest BCUT2D eigenvalue weighted by Crippen LogP contribution is -2.36. The van der Waals surface area contributed by atoms with Gasteiger partial charge in [-0.3, -0.25) is 4.79 Å². The molecule has 1 heterocycles. The summed E-state index contributed by atoms with van der Waals surface area (Å²) in [4.78, 5) is 14.6. The Morgan fingerprint density at radius 1 is 1.15 bits per heavy atom. The largest absolute Gasteiger partial charge is 0.378 e. The highest BCUT2D eigenvalue weighted by atomic mass is 19.1. The number of ether oxygens (including phenoxy) is 1. The average Bonchev–Trinajstić information content (AvgIpc) is 2.64. The zero-order valence-corrected chi connectivity index (χ0v) is 15.1. The number of carbonyl (C=O) groups is 1. The predicted molar refractivity (Wildman–Crippen MR) is 103 cm³/mol. The summed E-state index contributed by atoms with van der Waals surface area (Å²) in [6, 6.07) is 12.1. The van der Waals surface area contributed by atoms with Crippen LogP contribution in [0.25, 0.3) is 5.57 Å². The number of hydrogen-bond acceptors (Lipinski definition) is 3. The number of anilines is 2. The molecule has 1 saturated heterocycles. The van der Waals surface area contributed by atoms with E-state index in [2.05, 4.69) is 16.3 Å². The lowest BCUT2D eigenvalue weighted by molar-refractivity contribution is -0.111. The first kappa shape index (κ1) is 18.1. The molecule has 0 bridgehead atoms. The Bertz CT molecular complexity index is 809. The predicted octanol–water partition coefficient (Wildman–Crippen LogP) is 4.01. The van der Waals surface area contributed by atoms with Gasteiger partial charge in [-0.1, -0.05) is 12.1 Å². The zero-order chi connectivity index (χ0) is 18.5. The molecule has 26 heavy (non-hydrogen) atoms. The van der Waals surface area contributed by atoms with Crippen LogP contribution in [0, 0.1) is 12.7 Å². The number of nitrogens with zero attached hydrogens (tertiary/aromatic N) is 1. The third kappa shape index (κ3) is 4.49. The van der Waals surface area contributed by atoms with Crippen molar-refractivity contribution in [3.05, 3.63) is 65.5 Å². The van der Waals surface area contributed by atoms with Crippen molar-refractivity contribution in [3.63, 3.8) is 0 Å². The van der Waals surface area contributed by atoms with Crippen LogP contribution in [0.4, 0.5) is 15.8 Å². The van der Waals surface area contributed by atoms with Gasteiger partial charge in [-0.15, -0.1) is 0 Å². The van der Waals surface area contributed by atoms with Crippen LogP contribution < -0.4 is 10.2 Å². The Labute approximate surface area is 153 Å². The van der Waals surface area contributed by atoms with Crippen LogP contribution in [-0.2, 0) is 9.53 Å². The Balaban J connectivity index is 1.68. The second-order valence-corrected chi connectivity index (χ2v) is 6.42. The van der Waals surface area contributed by atoms with Crippen molar-refractivity contribution >= 4 is 22.9 Å². The summed E-state index contributed by atoms with van der Waals surface area (Å²) in [5.74, 6) is -0.490. The SMILES string of the molecule is C/C(=C/C(=O)Nc1ccc(N2CCOCC2)cc1C)c1ccc(F)cc1. The van der Waals surface area contributed by atoms with Crippen molar-refractivity contribution in [2.45, 2.75) is 13.8 Å². The monoisotopic (exact) mass is 354 g/mol. The first-order valence-corrected chi connectivity index (χ1v) is 8.71. The molecule has 0 atom stereocenters. The molecule has 2 aromatic rings. The van der Waals surface area contributed by atoms with E-state index in [1.54, 1.807) is 12.1 Å². The third-order valence-corrected chi connectivity index (χ3v) is 4.49. The van der Waals surface area contributed by atoms with Crippen LogP contribution in [0.3, 0.4) is 0 Å². The summed E-state index contributed by atoms with van der Waals surface area (Å²) in [5.41, 5.74) is 4.54. The maximum Gasteiger partial charge on any atom is 0.248 e. The number of carbonyl (C=O) groups excluding carboxylic acids is 1. The van der Waals surface area contributed by atoms with E-state index < -0.39 is 0 Å². The Hall–Kier alpha value is -2.66. The van der Waals surface area contributed by atoms with Gasteiger partial charge in [-0.25, -0.2) is 4.39 Å². The van der Waals surface area contributed by atoms with E-state index in [4.69, 9.17) is 4.74 Å². The molecule has 0 spiro atoms. The number of benzene rings is 2. The van der Waals surface area contributed by atoms with Gasteiger partial charge in [0.1, 0.15) is 5.82 Å². The first-order valence-electron chi connectivity index (χ1n) is 8.71. The number of nitrogens with one attached hydrogen (secondary N) is 1. The topological polar surface area (TPSA) is 41.6 Å². The van der Waals surface area contributed by atoms with Crippen molar-refractivity contribution in [1.29, 1.82) is 0 Å². The minimum Gasteiger partial charge on any atom is -0.378 e. The highest BCUT2D eigenvalue weighted by Gasteiger charge is 2.12. The van der Waals surface area contributed by atoms with E-state index >= 15 is 0 Å². The molecule has 5 heteroatoms. The van der Waals surface area contributed by atoms with E-state index in [0.29, 0.717) is 0 Å². The number of hydrogen-bond donors (Lipinski definition) is 1. The van der Waals surface area contributed by atoms with Crippen LogP contribution in [0.1, 0.15) is 18.1 Å².